The Morgan fingerprint density at radius 2 is 1.80 bits per heavy atom. The van der Waals surface area contributed by atoms with Crippen LogP contribution in [-0.2, 0) is 10.1 Å². The van der Waals surface area contributed by atoms with Gasteiger partial charge in [0, 0.05) is 31.3 Å². The average molecular weight is 270 g/mol. The smallest absolute Gasteiger partial charge is 0.369 e. The monoisotopic (exact) mass is 270 g/mol. The third-order valence-corrected chi connectivity index (χ3v) is 4.53. The highest BCUT2D eigenvalue weighted by atomic mass is 16.4. The second-order valence-electron chi connectivity index (χ2n) is 7.06. The average Bonchev–Trinajstić information content (AvgIpc) is 2.46. The van der Waals surface area contributed by atoms with E-state index in [1.807, 2.05) is 0 Å². The first-order valence-corrected chi connectivity index (χ1v) is 7.89. The van der Waals surface area contributed by atoms with Crippen LogP contribution in [0.1, 0.15) is 52.0 Å². The van der Waals surface area contributed by atoms with E-state index in [2.05, 4.69) is 49.5 Å². The molecule has 0 atom stereocenters. The lowest BCUT2D eigenvalue weighted by atomic mass is 9.69. The van der Waals surface area contributed by atoms with Gasteiger partial charge in [0.2, 0.25) is 0 Å². The summed E-state index contributed by atoms with van der Waals surface area (Å²) in [5.41, 5.74) is 4.51. The Bertz CT molecular complexity index is 509. The van der Waals surface area contributed by atoms with Gasteiger partial charge in [0.1, 0.15) is 12.3 Å². The van der Waals surface area contributed by atoms with Crippen LogP contribution in [0.3, 0.4) is 0 Å². The summed E-state index contributed by atoms with van der Waals surface area (Å²) in [5.74, 6) is 0. The Kier molecular flexibility index (Phi) is 3.72. The zero-order valence-electron chi connectivity index (χ0n) is 13.0. The summed E-state index contributed by atoms with van der Waals surface area (Å²) in [6.07, 6.45) is 5.03. The Balaban J connectivity index is 1.89. The first-order chi connectivity index (χ1) is 9.55. The van der Waals surface area contributed by atoms with E-state index < -0.39 is 0 Å². The van der Waals surface area contributed by atoms with Crippen molar-refractivity contribution in [2.24, 2.45) is 0 Å². The highest BCUT2D eigenvalue weighted by Gasteiger charge is 2.42. The molecule has 3 heteroatoms. The quantitative estimate of drug-likeness (QED) is 0.715. The van der Waals surface area contributed by atoms with Crippen LogP contribution in [0.5, 0.6) is 0 Å². The minimum absolute atomic E-state index is 0.146. The van der Waals surface area contributed by atoms with E-state index >= 15 is 0 Å². The van der Waals surface area contributed by atoms with Crippen molar-refractivity contribution in [3.63, 3.8) is 0 Å². The Morgan fingerprint density at radius 3 is 2.50 bits per heavy atom. The maximum atomic E-state index is 6.06. The van der Waals surface area contributed by atoms with Gasteiger partial charge in [-0.1, -0.05) is 45.0 Å². The predicted octanol–water partition coefficient (Wildman–Crippen LogP) is 2.74. The van der Waals surface area contributed by atoms with Gasteiger partial charge in [-0.2, -0.15) is 0 Å². The Morgan fingerprint density at radius 1 is 1.05 bits per heavy atom. The van der Waals surface area contributed by atoms with Crippen LogP contribution in [0.25, 0.3) is 0 Å². The van der Waals surface area contributed by atoms with Crippen LogP contribution in [0.2, 0.25) is 0 Å². The van der Waals surface area contributed by atoms with Crippen LogP contribution < -0.4 is 5.46 Å². The molecule has 0 aromatic heterocycles. The van der Waals surface area contributed by atoms with E-state index in [1.165, 1.54) is 30.3 Å². The lowest BCUT2D eigenvalue weighted by Crippen LogP contribution is -2.52. The number of benzene rings is 1. The molecule has 0 saturated heterocycles. The standard InChI is InChI=1S/C17H25BNO/c1-17(2,3)14-7-9-15(10-8-14)18-19-12-5-4-6-16(19)11-13-20-18/h7-10H,4-6,11-13H2,1-3H3/q+1. The Labute approximate surface area is 123 Å². The molecule has 2 heterocycles. The van der Waals surface area contributed by atoms with Gasteiger partial charge in [0.25, 0.3) is 0 Å². The van der Waals surface area contributed by atoms with Gasteiger partial charge in [-0.05, 0) is 17.4 Å². The summed E-state index contributed by atoms with van der Waals surface area (Å²) in [6.45, 7) is 8.81. The molecule has 0 fully saturated rings. The molecule has 0 spiro atoms. The first-order valence-electron chi connectivity index (χ1n) is 7.89. The molecule has 0 N–H and O–H groups in total. The minimum atomic E-state index is 0.146. The summed E-state index contributed by atoms with van der Waals surface area (Å²) < 4.78 is 8.56. The van der Waals surface area contributed by atoms with Crippen LogP contribution in [-0.4, -0.2) is 30.4 Å². The lowest BCUT2D eigenvalue weighted by Gasteiger charge is -2.24. The predicted molar refractivity (Wildman–Crippen MR) is 85.1 cm³/mol. The third kappa shape index (κ3) is 2.69. The van der Waals surface area contributed by atoms with Crippen molar-refractivity contribution < 1.29 is 9.14 Å². The van der Waals surface area contributed by atoms with Crippen LogP contribution in [0.4, 0.5) is 0 Å². The van der Waals surface area contributed by atoms with Crippen molar-refractivity contribution in [1.82, 2.24) is 0 Å². The molecule has 0 amide bonds. The molecule has 106 valence electrons. The topological polar surface area (TPSA) is 12.2 Å². The van der Waals surface area contributed by atoms with Gasteiger partial charge >= 0.3 is 7.05 Å². The summed E-state index contributed by atoms with van der Waals surface area (Å²) in [4.78, 5) is 0. The van der Waals surface area contributed by atoms with E-state index in [1.54, 1.807) is 5.71 Å². The SMILES string of the molecule is CC(C)(C)c1ccc(B2OCCC3=[N+]2CCCC3)cc1. The zero-order valence-corrected chi connectivity index (χ0v) is 13.0. The van der Waals surface area contributed by atoms with Crippen molar-refractivity contribution in [2.45, 2.75) is 51.9 Å². The van der Waals surface area contributed by atoms with Crippen molar-refractivity contribution >= 4 is 18.2 Å². The van der Waals surface area contributed by atoms with Crippen LogP contribution >= 0.6 is 0 Å². The van der Waals surface area contributed by atoms with Gasteiger partial charge in [0.15, 0.2) is 0 Å². The fraction of sp³-hybridized carbons (Fsp3) is 0.588. The first kappa shape index (κ1) is 13.9. The third-order valence-electron chi connectivity index (χ3n) is 4.53. The summed E-state index contributed by atoms with van der Waals surface area (Å²) in [7, 11) is 0.146. The molecule has 1 aromatic rings. The molecule has 0 unspecified atom stereocenters. The van der Waals surface area contributed by atoms with Crippen LogP contribution in [0.15, 0.2) is 24.3 Å². The maximum Gasteiger partial charge on any atom is 0.691 e. The van der Waals surface area contributed by atoms with E-state index in [4.69, 9.17) is 4.65 Å². The fourth-order valence-electron chi connectivity index (χ4n) is 3.27. The molecule has 20 heavy (non-hydrogen) atoms. The fourth-order valence-corrected chi connectivity index (χ4v) is 3.27. The molecular weight excluding hydrogens is 245 g/mol. The summed E-state index contributed by atoms with van der Waals surface area (Å²) >= 11 is 0. The van der Waals surface area contributed by atoms with E-state index in [-0.39, 0.29) is 12.5 Å². The number of hydrogen-bond acceptors (Lipinski definition) is 1. The number of rotatable bonds is 1. The summed E-state index contributed by atoms with van der Waals surface area (Å²) in [5, 5.41) is 0. The van der Waals surface area contributed by atoms with Gasteiger partial charge in [0.05, 0.1) is 0 Å². The van der Waals surface area contributed by atoms with Crippen molar-refractivity contribution in [3.8, 4) is 0 Å². The van der Waals surface area contributed by atoms with Crippen molar-refractivity contribution in [3.05, 3.63) is 29.8 Å². The second kappa shape index (κ2) is 5.36. The molecule has 0 aliphatic carbocycles. The van der Waals surface area contributed by atoms with Crippen molar-refractivity contribution in [1.29, 1.82) is 0 Å². The van der Waals surface area contributed by atoms with Gasteiger partial charge in [-0.15, -0.1) is 0 Å². The molecule has 0 radical (unpaired) electrons. The van der Waals surface area contributed by atoms with Gasteiger partial charge in [-0.3, -0.25) is 4.49 Å². The highest BCUT2D eigenvalue weighted by Crippen LogP contribution is 2.21. The Hall–Kier alpha value is -1.09. The normalized spacial score (nSPS) is 20.1. The van der Waals surface area contributed by atoms with Crippen LogP contribution in [0, 0.1) is 0 Å². The second-order valence-corrected chi connectivity index (χ2v) is 7.06. The van der Waals surface area contributed by atoms with Gasteiger partial charge < -0.3 is 4.65 Å². The molecule has 0 bridgehead atoms. The van der Waals surface area contributed by atoms with E-state index in [9.17, 15) is 0 Å². The molecular formula is C17H25BNO+. The lowest BCUT2D eigenvalue weighted by molar-refractivity contribution is -0.417. The minimum Gasteiger partial charge on any atom is -0.369 e. The maximum absolute atomic E-state index is 6.06. The number of hydrogen-bond donors (Lipinski definition) is 0. The highest BCUT2D eigenvalue weighted by molar-refractivity contribution is 6.60. The molecule has 3 rings (SSSR count). The number of nitrogens with zero attached hydrogens (tertiary/aromatic N) is 1. The van der Waals surface area contributed by atoms with E-state index in [0.29, 0.717) is 0 Å². The molecule has 2 nitrogen and oxygen atoms in total. The molecule has 2 aliphatic rings. The van der Waals surface area contributed by atoms with Gasteiger partial charge in [-0.25, -0.2) is 0 Å². The summed E-state index contributed by atoms with van der Waals surface area (Å²) in [6, 6.07) is 9.03. The zero-order chi connectivity index (χ0) is 14.2. The largest absolute Gasteiger partial charge is 0.691 e. The molecule has 1 aromatic carbocycles. The van der Waals surface area contributed by atoms with Crippen molar-refractivity contribution in [2.75, 3.05) is 13.2 Å². The van der Waals surface area contributed by atoms with E-state index in [0.717, 1.165) is 19.6 Å². The molecule has 2 aliphatic heterocycles. The molecule has 0 saturated carbocycles.